The van der Waals surface area contributed by atoms with Gasteiger partial charge in [-0.25, -0.2) is 0 Å². The molecule has 0 saturated carbocycles. The lowest BCUT2D eigenvalue weighted by molar-refractivity contribution is -0.143. The summed E-state index contributed by atoms with van der Waals surface area (Å²) < 4.78 is 4.87. The Morgan fingerprint density at radius 2 is 2.05 bits per heavy atom. The van der Waals surface area contributed by atoms with Gasteiger partial charge in [0.2, 0.25) is 0 Å². The molecule has 5 heteroatoms. The molecule has 1 fully saturated rings. The van der Waals surface area contributed by atoms with E-state index in [4.69, 9.17) is 4.74 Å². The molecule has 0 aromatic heterocycles. The standard InChI is InChI=1S/C14H29N3O2/c1-5-8-15-13(14(18)19-4)11-17-9-6-12(7-10-17)16(2)3/h12-13,15H,5-11H2,1-4H3. The van der Waals surface area contributed by atoms with E-state index in [1.807, 2.05) is 0 Å². The van der Waals surface area contributed by atoms with E-state index in [2.05, 4.69) is 36.1 Å². The Hall–Kier alpha value is -0.650. The van der Waals surface area contributed by atoms with Crippen molar-refractivity contribution >= 4 is 5.97 Å². The lowest BCUT2D eigenvalue weighted by Gasteiger charge is -2.36. The highest BCUT2D eigenvalue weighted by Gasteiger charge is 2.25. The number of esters is 1. The maximum Gasteiger partial charge on any atom is 0.324 e. The summed E-state index contributed by atoms with van der Waals surface area (Å²) >= 11 is 0. The number of carbonyl (C=O) groups is 1. The molecule has 0 aromatic carbocycles. The minimum absolute atomic E-state index is 0.150. The third kappa shape index (κ3) is 5.47. The first kappa shape index (κ1) is 16.4. The summed E-state index contributed by atoms with van der Waals surface area (Å²) in [5.41, 5.74) is 0. The van der Waals surface area contributed by atoms with Crippen molar-refractivity contribution in [2.24, 2.45) is 0 Å². The molecule has 19 heavy (non-hydrogen) atoms. The molecule has 1 atom stereocenters. The average molecular weight is 271 g/mol. The number of methoxy groups -OCH3 is 1. The van der Waals surface area contributed by atoms with Crippen LogP contribution < -0.4 is 5.32 Å². The van der Waals surface area contributed by atoms with Crippen LogP contribution >= 0.6 is 0 Å². The van der Waals surface area contributed by atoms with Gasteiger partial charge in [-0.1, -0.05) is 6.92 Å². The van der Waals surface area contributed by atoms with Crippen molar-refractivity contribution in [3.05, 3.63) is 0 Å². The molecule has 0 bridgehead atoms. The first-order valence-corrected chi connectivity index (χ1v) is 7.28. The van der Waals surface area contributed by atoms with Gasteiger partial charge in [-0.2, -0.15) is 0 Å². The van der Waals surface area contributed by atoms with Gasteiger partial charge in [0.25, 0.3) is 0 Å². The van der Waals surface area contributed by atoms with Crippen molar-refractivity contribution in [1.29, 1.82) is 0 Å². The Balaban J connectivity index is 2.40. The largest absolute Gasteiger partial charge is 0.468 e. The second-order valence-corrected chi connectivity index (χ2v) is 5.53. The van der Waals surface area contributed by atoms with Crippen molar-refractivity contribution in [3.8, 4) is 0 Å². The molecule has 5 nitrogen and oxygen atoms in total. The number of hydrogen-bond acceptors (Lipinski definition) is 5. The second kappa shape index (κ2) is 8.51. The van der Waals surface area contributed by atoms with Crippen molar-refractivity contribution in [1.82, 2.24) is 15.1 Å². The molecule has 1 saturated heterocycles. The molecule has 1 aliphatic heterocycles. The second-order valence-electron chi connectivity index (χ2n) is 5.53. The molecule has 1 aliphatic rings. The van der Waals surface area contributed by atoms with Gasteiger partial charge < -0.3 is 19.9 Å². The molecule has 0 aliphatic carbocycles. The van der Waals surface area contributed by atoms with E-state index in [-0.39, 0.29) is 12.0 Å². The van der Waals surface area contributed by atoms with Crippen LogP contribution in [-0.4, -0.2) is 75.2 Å². The normalized spacial score (nSPS) is 19.6. The highest BCUT2D eigenvalue weighted by Crippen LogP contribution is 2.14. The predicted molar refractivity (Wildman–Crippen MR) is 77.2 cm³/mol. The summed E-state index contributed by atoms with van der Waals surface area (Å²) in [4.78, 5) is 16.4. The van der Waals surface area contributed by atoms with E-state index in [1.54, 1.807) is 0 Å². The van der Waals surface area contributed by atoms with Crippen LogP contribution in [0.2, 0.25) is 0 Å². The topological polar surface area (TPSA) is 44.8 Å². The van der Waals surface area contributed by atoms with Crippen molar-refractivity contribution < 1.29 is 9.53 Å². The van der Waals surface area contributed by atoms with E-state index >= 15 is 0 Å². The van der Waals surface area contributed by atoms with E-state index in [9.17, 15) is 4.79 Å². The van der Waals surface area contributed by atoms with Gasteiger partial charge in [0.1, 0.15) is 6.04 Å². The molecule has 1 rings (SSSR count). The molecule has 1 unspecified atom stereocenters. The van der Waals surface area contributed by atoms with Gasteiger partial charge >= 0.3 is 5.97 Å². The van der Waals surface area contributed by atoms with Crippen LogP contribution in [0.15, 0.2) is 0 Å². The third-order valence-electron chi connectivity index (χ3n) is 3.85. The van der Waals surface area contributed by atoms with Gasteiger partial charge in [-0.3, -0.25) is 4.79 Å². The molecular weight excluding hydrogens is 242 g/mol. The van der Waals surface area contributed by atoms with Gasteiger partial charge in [0.05, 0.1) is 7.11 Å². The highest BCUT2D eigenvalue weighted by molar-refractivity contribution is 5.75. The van der Waals surface area contributed by atoms with Crippen LogP contribution in [0.3, 0.4) is 0 Å². The van der Waals surface area contributed by atoms with Crippen LogP contribution in [0.5, 0.6) is 0 Å². The van der Waals surface area contributed by atoms with Gasteiger partial charge in [-0.05, 0) is 53.0 Å². The summed E-state index contributed by atoms with van der Waals surface area (Å²) in [5.74, 6) is -0.150. The monoisotopic (exact) mass is 271 g/mol. The molecule has 1 N–H and O–H groups in total. The quantitative estimate of drug-likeness (QED) is 0.685. The number of ether oxygens (including phenoxy) is 1. The Morgan fingerprint density at radius 1 is 1.42 bits per heavy atom. The average Bonchev–Trinajstić information content (AvgIpc) is 2.43. The number of nitrogens with zero attached hydrogens (tertiary/aromatic N) is 2. The van der Waals surface area contributed by atoms with Crippen LogP contribution in [-0.2, 0) is 9.53 Å². The number of carbonyl (C=O) groups excluding carboxylic acids is 1. The Morgan fingerprint density at radius 3 is 2.53 bits per heavy atom. The zero-order valence-electron chi connectivity index (χ0n) is 12.8. The van der Waals surface area contributed by atoms with Gasteiger partial charge in [-0.15, -0.1) is 0 Å². The lowest BCUT2D eigenvalue weighted by atomic mass is 10.0. The van der Waals surface area contributed by atoms with E-state index < -0.39 is 0 Å². The molecule has 1 heterocycles. The highest BCUT2D eigenvalue weighted by atomic mass is 16.5. The summed E-state index contributed by atoms with van der Waals surface area (Å²) in [6.07, 6.45) is 3.37. The smallest absolute Gasteiger partial charge is 0.324 e. The molecular formula is C14H29N3O2. The molecule has 0 radical (unpaired) electrons. The Kier molecular flexibility index (Phi) is 7.34. The predicted octanol–water partition coefficient (Wildman–Crippen LogP) is 0.554. The van der Waals surface area contributed by atoms with Gasteiger partial charge in [0.15, 0.2) is 0 Å². The van der Waals surface area contributed by atoms with Crippen LogP contribution in [0.25, 0.3) is 0 Å². The summed E-state index contributed by atoms with van der Waals surface area (Å²) in [6, 6.07) is 0.484. The van der Waals surface area contributed by atoms with Gasteiger partial charge in [0, 0.05) is 12.6 Å². The van der Waals surface area contributed by atoms with Crippen LogP contribution in [0.1, 0.15) is 26.2 Å². The zero-order chi connectivity index (χ0) is 14.3. The number of rotatable bonds is 7. The minimum Gasteiger partial charge on any atom is -0.468 e. The SMILES string of the molecule is CCCNC(CN1CCC(N(C)C)CC1)C(=O)OC. The molecule has 0 spiro atoms. The molecule has 112 valence electrons. The summed E-state index contributed by atoms with van der Waals surface area (Å²) in [5, 5.41) is 3.27. The van der Waals surface area contributed by atoms with E-state index in [0.29, 0.717) is 6.04 Å². The first-order chi connectivity index (χ1) is 9.08. The van der Waals surface area contributed by atoms with E-state index in [1.165, 1.54) is 20.0 Å². The summed E-state index contributed by atoms with van der Waals surface area (Å²) in [7, 11) is 5.74. The third-order valence-corrected chi connectivity index (χ3v) is 3.85. The zero-order valence-corrected chi connectivity index (χ0v) is 12.8. The van der Waals surface area contributed by atoms with Crippen LogP contribution in [0, 0.1) is 0 Å². The number of hydrogen-bond donors (Lipinski definition) is 1. The fourth-order valence-corrected chi connectivity index (χ4v) is 2.56. The van der Waals surface area contributed by atoms with Crippen molar-refractivity contribution in [3.63, 3.8) is 0 Å². The van der Waals surface area contributed by atoms with Crippen molar-refractivity contribution in [2.75, 3.05) is 47.4 Å². The van der Waals surface area contributed by atoms with E-state index in [0.717, 1.165) is 32.6 Å². The number of nitrogens with one attached hydrogen (secondary N) is 1. The lowest BCUT2D eigenvalue weighted by Crippen LogP contribution is -2.50. The molecule has 0 amide bonds. The number of likely N-dealkylation sites (tertiary alicyclic amines) is 1. The summed E-state index contributed by atoms with van der Waals surface area (Å²) in [6.45, 7) is 5.83. The number of piperidine rings is 1. The van der Waals surface area contributed by atoms with Crippen molar-refractivity contribution in [2.45, 2.75) is 38.3 Å². The maximum absolute atomic E-state index is 11.7. The maximum atomic E-state index is 11.7. The first-order valence-electron chi connectivity index (χ1n) is 7.28. The minimum atomic E-state index is -0.194. The van der Waals surface area contributed by atoms with Crippen LogP contribution in [0.4, 0.5) is 0 Å². The Bertz CT molecular complexity index is 263. The molecule has 0 aromatic rings. The fraction of sp³-hybridized carbons (Fsp3) is 0.929. The fourth-order valence-electron chi connectivity index (χ4n) is 2.56. The Labute approximate surface area is 117 Å².